The van der Waals surface area contributed by atoms with Crippen molar-refractivity contribution >= 4 is 5.97 Å². The molecule has 0 aromatic rings. The third-order valence-corrected chi connectivity index (χ3v) is 0.769. The van der Waals surface area contributed by atoms with E-state index in [0.717, 1.165) is 0 Å². The molecule has 3 heteroatoms. The number of rotatable bonds is 2. The molecule has 0 aliphatic carbocycles. The van der Waals surface area contributed by atoms with Crippen molar-refractivity contribution in [1.29, 1.82) is 0 Å². The first-order valence-corrected chi connectivity index (χ1v) is 3.23. The van der Waals surface area contributed by atoms with Crippen LogP contribution in [0.5, 0.6) is 0 Å². The van der Waals surface area contributed by atoms with Crippen LogP contribution in [0.1, 0.15) is 6.42 Å². The van der Waals surface area contributed by atoms with Gasteiger partial charge < -0.3 is 10.2 Å². The fourth-order valence-corrected chi connectivity index (χ4v) is 0.353. The largest absolute Gasteiger partial charge is 0.481 e. The summed E-state index contributed by atoms with van der Waals surface area (Å²) in [5.41, 5.74) is 0. The lowest BCUT2D eigenvalue weighted by Crippen LogP contribution is -1.89. The third-order valence-electron chi connectivity index (χ3n) is 0.769. The number of carboxylic acids is 1. The number of hydrogen-bond donors (Lipinski definition) is 2. The van der Waals surface area contributed by atoms with Gasteiger partial charge in [0.2, 0.25) is 0 Å². The first-order valence-electron chi connectivity index (χ1n) is 3.23. The van der Waals surface area contributed by atoms with E-state index >= 15 is 0 Å². The highest BCUT2D eigenvalue weighted by Gasteiger charge is 1.86. The minimum absolute atomic E-state index is 0.0583. The van der Waals surface area contributed by atoms with Crippen LogP contribution in [0.3, 0.4) is 0 Å². The maximum absolute atomic E-state index is 9.94. The highest BCUT2D eigenvalue weighted by atomic mass is 16.4. The van der Waals surface area contributed by atoms with Gasteiger partial charge in [0, 0.05) is 0 Å². The third kappa shape index (κ3) is 8.29. The predicted molar refractivity (Wildman–Crippen MR) is 44.0 cm³/mol. The summed E-state index contributed by atoms with van der Waals surface area (Å²) in [4.78, 5) is 9.94. The molecule has 0 amide bonds. The Hall–Kier alpha value is -1.71. The lowest BCUT2D eigenvalue weighted by Gasteiger charge is -1.74. The quantitative estimate of drug-likeness (QED) is 0.565. The molecule has 0 aliphatic rings. The molecular formula is C9H8O3. The molecule has 0 aromatic carbocycles. The predicted octanol–water partition coefficient (Wildman–Crippen LogP) is 0.0164. The monoisotopic (exact) mass is 164 g/mol. The van der Waals surface area contributed by atoms with E-state index in [2.05, 4.69) is 23.7 Å². The van der Waals surface area contributed by atoms with Crippen LogP contribution in [0, 0.1) is 23.7 Å². The second-order valence-corrected chi connectivity index (χ2v) is 1.73. The summed E-state index contributed by atoms with van der Waals surface area (Å²) in [5.74, 6) is 8.64. The molecule has 3 nitrogen and oxygen atoms in total. The Morgan fingerprint density at radius 3 is 2.75 bits per heavy atom. The number of aliphatic carboxylic acids is 1. The normalized spacial score (nSPS) is 8.08. The van der Waals surface area contributed by atoms with Gasteiger partial charge >= 0.3 is 5.97 Å². The Bertz CT molecular complexity index is 280. The Labute approximate surface area is 70.7 Å². The first-order chi connectivity index (χ1) is 5.77. The molecule has 0 heterocycles. The summed E-state index contributed by atoms with van der Waals surface area (Å²) in [7, 11) is 0. The maximum atomic E-state index is 9.94. The van der Waals surface area contributed by atoms with E-state index in [-0.39, 0.29) is 13.0 Å². The molecule has 0 saturated carbocycles. The van der Waals surface area contributed by atoms with E-state index < -0.39 is 5.97 Å². The van der Waals surface area contributed by atoms with Gasteiger partial charge in [-0.15, -0.1) is 0 Å². The van der Waals surface area contributed by atoms with Crippen molar-refractivity contribution in [2.75, 3.05) is 6.61 Å². The Morgan fingerprint density at radius 2 is 2.17 bits per heavy atom. The zero-order valence-electron chi connectivity index (χ0n) is 6.37. The number of carboxylic acid groups (broad SMARTS) is 1. The van der Waals surface area contributed by atoms with Crippen LogP contribution < -0.4 is 0 Å². The minimum Gasteiger partial charge on any atom is -0.481 e. The number of aliphatic hydroxyl groups excluding tert-OH is 1. The lowest BCUT2D eigenvalue weighted by atomic mass is 10.4. The standard InChI is InChI=1S/C9H8O3/c10-8-6-4-2-1-3-5-7-9(11)12/h4,6,10H,7-8H2,(H,11,12)/b6-4+. The van der Waals surface area contributed by atoms with Crippen LogP contribution in [-0.4, -0.2) is 22.8 Å². The summed E-state index contributed by atoms with van der Waals surface area (Å²) >= 11 is 0. The molecule has 0 spiro atoms. The van der Waals surface area contributed by atoms with Gasteiger partial charge in [-0.3, -0.25) is 4.79 Å². The van der Waals surface area contributed by atoms with Crippen LogP contribution >= 0.6 is 0 Å². The van der Waals surface area contributed by atoms with E-state index in [1.54, 1.807) is 0 Å². The van der Waals surface area contributed by atoms with Crippen molar-refractivity contribution in [1.82, 2.24) is 0 Å². The average molecular weight is 164 g/mol. The molecule has 0 aliphatic heterocycles. The van der Waals surface area contributed by atoms with Gasteiger partial charge in [0.25, 0.3) is 0 Å². The molecule has 0 rings (SSSR count). The number of aliphatic hydroxyl groups is 1. The number of allylic oxidation sites excluding steroid dienone is 1. The minimum atomic E-state index is -0.963. The van der Waals surface area contributed by atoms with Gasteiger partial charge in [-0.1, -0.05) is 17.9 Å². The van der Waals surface area contributed by atoms with E-state index in [4.69, 9.17) is 10.2 Å². The van der Waals surface area contributed by atoms with Gasteiger partial charge in [0.15, 0.2) is 0 Å². The van der Waals surface area contributed by atoms with E-state index in [0.29, 0.717) is 0 Å². The molecule has 0 fully saturated rings. The second-order valence-electron chi connectivity index (χ2n) is 1.73. The van der Waals surface area contributed by atoms with Gasteiger partial charge in [-0.2, -0.15) is 0 Å². The first kappa shape index (κ1) is 10.3. The van der Waals surface area contributed by atoms with E-state index in [9.17, 15) is 4.79 Å². The maximum Gasteiger partial charge on any atom is 0.315 e. The van der Waals surface area contributed by atoms with Crippen molar-refractivity contribution < 1.29 is 15.0 Å². The van der Waals surface area contributed by atoms with Gasteiger partial charge in [0.1, 0.15) is 6.42 Å². The smallest absolute Gasteiger partial charge is 0.315 e. The van der Waals surface area contributed by atoms with Crippen LogP contribution in [0.2, 0.25) is 0 Å². The van der Waals surface area contributed by atoms with Gasteiger partial charge in [-0.05, 0) is 17.9 Å². The van der Waals surface area contributed by atoms with Crippen LogP contribution in [0.25, 0.3) is 0 Å². The topological polar surface area (TPSA) is 57.5 Å². The highest BCUT2D eigenvalue weighted by Crippen LogP contribution is 1.72. The van der Waals surface area contributed by atoms with E-state index in [1.807, 2.05) is 0 Å². The van der Waals surface area contributed by atoms with Crippen LogP contribution in [-0.2, 0) is 4.79 Å². The van der Waals surface area contributed by atoms with Crippen LogP contribution in [0.4, 0.5) is 0 Å². The molecule has 0 atom stereocenters. The summed E-state index contributed by atoms with van der Waals surface area (Å²) < 4.78 is 0. The molecule has 0 aromatic heterocycles. The fourth-order valence-electron chi connectivity index (χ4n) is 0.353. The van der Waals surface area contributed by atoms with Crippen molar-refractivity contribution in [2.24, 2.45) is 0 Å². The summed E-state index contributed by atoms with van der Waals surface area (Å²) in [6.07, 6.45) is 2.72. The fraction of sp³-hybridized carbons (Fsp3) is 0.222. The average Bonchev–Trinajstić information content (AvgIpc) is 2.02. The summed E-state index contributed by atoms with van der Waals surface area (Å²) in [6.45, 7) is -0.0583. The van der Waals surface area contributed by atoms with Gasteiger partial charge in [-0.25, -0.2) is 0 Å². The molecule has 0 bridgehead atoms. The molecule has 0 radical (unpaired) electrons. The van der Waals surface area contributed by atoms with Crippen molar-refractivity contribution in [3.05, 3.63) is 12.2 Å². The summed E-state index contributed by atoms with van der Waals surface area (Å²) in [5, 5.41) is 16.4. The summed E-state index contributed by atoms with van der Waals surface area (Å²) in [6, 6.07) is 0. The Kier molecular flexibility index (Phi) is 6.34. The van der Waals surface area contributed by atoms with Crippen molar-refractivity contribution in [3.8, 4) is 23.7 Å². The molecule has 0 unspecified atom stereocenters. The second kappa shape index (κ2) is 7.40. The molecule has 2 N–H and O–H groups in total. The van der Waals surface area contributed by atoms with E-state index in [1.165, 1.54) is 12.2 Å². The molecule has 62 valence electrons. The number of hydrogen-bond acceptors (Lipinski definition) is 2. The molecular weight excluding hydrogens is 156 g/mol. The van der Waals surface area contributed by atoms with Crippen molar-refractivity contribution in [2.45, 2.75) is 6.42 Å². The zero-order chi connectivity index (χ0) is 9.23. The zero-order valence-corrected chi connectivity index (χ0v) is 6.37. The van der Waals surface area contributed by atoms with Crippen LogP contribution in [0.15, 0.2) is 12.2 Å². The molecule has 12 heavy (non-hydrogen) atoms. The highest BCUT2D eigenvalue weighted by molar-refractivity contribution is 5.70. The lowest BCUT2D eigenvalue weighted by molar-refractivity contribution is -0.135. The Balaban J connectivity index is 3.74. The molecule has 0 saturated heterocycles. The number of carbonyl (C=O) groups is 1. The Morgan fingerprint density at radius 1 is 1.42 bits per heavy atom. The van der Waals surface area contributed by atoms with Crippen molar-refractivity contribution in [3.63, 3.8) is 0 Å². The van der Waals surface area contributed by atoms with Gasteiger partial charge in [0.05, 0.1) is 6.61 Å². The SMILES string of the molecule is O=C(O)CC#CC#C/C=C/CO.